The first-order chi connectivity index (χ1) is 12.8. The summed E-state index contributed by atoms with van der Waals surface area (Å²) in [7, 11) is -1.93. The van der Waals surface area contributed by atoms with Crippen LogP contribution in [-0.2, 0) is 14.9 Å². The number of hydrogen-bond acceptors (Lipinski definition) is 7. The summed E-state index contributed by atoms with van der Waals surface area (Å²) < 4.78 is 58.7. The number of nitrogens with one attached hydrogen (secondary N) is 1. The van der Waals surface area contributed by atoms with Crippen molar-refractivity contribution in [2.45, 2.75) is 11.8 Å². The highest BCUT2D eigenvalue weighted by Crippen LogP contribution is 2.33. The molecule has 0 saturated heterocycles. The number of methoxy groups -OCH3 is 2. The lowest BCUT2D eigenvalue weighted by atomic mass is 10.3. The first kappa shape index (κ1) is 20.3. The molecule has 1 amide bonds. The second-order valence-electron chi connectivity index (χ2n) is 5.05. The zero-order chi connectivity index (χ0) is 20.0. The van der Waals surface area contributed by atoms with Crippen molar-refractivity contribution in [2.24, 2.45) is 0 Å². The normalized spacial score (nSPS) is 10.8. The van der Waals surface area contributed by atoms with E-state index in [1.165, 1.54) is 38.5 Å². The number of amides is 1. The summed E-state index contributed by atoms with van der Waals surface area (Å²) in [5.41, 5.74) is 0.244. The lowest BCUT2D eigenvalue weighted by molar-refractivity contribution is 0.168. The van der Waals surface area contributed by atoms with E-state index in [9.17, 15) is 17.6 Å². The van der Waals surface area contributed by atoms with Gasteiger partial charge in [-0.05, 0) is 19.1 Å². The highest BCUT2D eigenvalue weighted by Gasteiger charge is 2.25. The van der Waals surface area contributed by atoms with Gasteiger partial charge in [0.25, 0.3) is 0 Å². The minimum absolute atomic E-state index is 0.0267. The Hall–Kier alpha value is -3.01. The van der Waals surface area contributed by atoms with Crippen LogP contribution in [0, 0.1) is 5.82 Å². The molecule has 0 aliphatic heterocycles. The molecular weight excluding hydrogens is 381 g/mol. The first-order valence-corrected chi connectivity index (χ1v) is 9.11. The van der Waals surface area contributed by atoms with Crippen molar-refractivity contribution in [3.05, 3.63) is 42.2 Å². The van der Waals surface area contributed by atoms with Crippen LogP contribution in [-0.4, -0.2) is 35.3 Å². The van der Waals surface area contributed by atoms with Crippen LogP contribution in [0.2, 0.25) is 0 Å². The molecule has 0 heterocycles. The standard InChI is InChI=1S/C17H18FNO7S/c1-4-25-17(20)19-11-6-5-7-12(8-11)26-27(21,22)16-10-15(24-3)14(23-2)9-13(16)18/h5-10H,4H2,1-3H3,(H,19,20). The predicted octanol–water partition coefficient (Wildman–Crippen LogP) is 3.18. The molecule has 0 radical (unpaired) electrons. The molecule has 2 rings (SSSR count). The number of rotatable bonds is 7. The summed E-state index contributed by atoms with van der Waals surface area (Å²) in [6.07, 6.45) is -0.705. The fourth-order valence-corrected chi connectivity index (χ4v) is 3.11. The second kappa shape index (κ2) is 8.58. The number of hydrogen-bond donors (Lipinski definition) is 1. The van der Waals surface area contributed by atoms with Gasteiger partial charge >= 0.3 is 16.2 Å². The van der Waals surface area contributed by atoms with Gasteiger partial charge in [-0.1, -0.05) is 6.07 Å². The average molecular weight is 399 g/mol. The maximum atomic E-state index is 14.2. The summed E-state index contributed by atoms with van der Waals surface area (Å²) in [6.45, 7) is 1.82. The van der Waals surface area contributed by atoms with Crippen molar-refractivity contribution in [3.8, 4) is 17.2 Å². The molecule has 0 bridgehead atoms. The number of carbonyl (C=O) groups is 1. The van der Waals surface area contributed by atoms with Gasteiger partial charge in [0.2, 0.25) is 0 Å². The quantitative estimate of drug-likeness (QED) is 0.714. The summed E-state index contributed by atoms with van der Waals surface area (Å²) in [5, 5.41) is 2.41. The van der Waals surface area contributed by atoms with Crippen molar-refractivity contribution in [3.63, 3.8) is 0 Å². The molecule has 0 spiro atoms. The summed E-state index contributed by atoms with van der Waals surface area (Å²) in [4.78, 5) is 10.7. The van der Waals surface area contributed by atoms with E-state index in [1.807, 2.05) is 0 Å². The lowest BCUT2D eigenvalue weighted by Crippen LogP contribution is -2.14. The topological polar surface area (TPSA) is 100 Å². The van der Waals surface area contributed by atoms with E-state index < -0.39 is 26.9 Å². The zero-order valence-electron chi connectivity index (χ0n) is 14.8. The maximum Gasteiger partial charge on any atom is 0.411 e. The smallest absolute Gasteiger partial charge is 0.411 e. The Morgan fingerprint density at radius 2 is 1.78 bits per heavy atom. The van der Waals surface area contributed by atoms with Crippen molar-refractivity contribution in [1.29, 1.82) is 0 Å². The third-order valence-electron chi connectivity index (χ3n) is 3.27. The van der Waals surface area contributed by atoms with Crippen LogP contribution in [0.15, 0.2) is 41.3 Å². The maximum absolute atomic E-state index is 14.2. The Kier molecular flexibility index (Phi) is 6.45. The number of carbonyl (C=O) groups excluding carboxylic acids is 1. The van der Waals surface area contributed by atoms with E-state index in [0.717, 1.165) is 12.1 Å². The Bertz CT molecular complexity index is 931. The zero-order valence-corrected chi connectivity index (χ0v) is 15.6. The van der Waals surface area contributed by atoms with Gasteiger partial charge in [-0.2, -0.15) is 8.42 Å². The summed E-state index contributed by atoms with van der Waals surface area (Å²) in [5.74, 6) is -1.12. The molecule has 2 aromatic carbocycles. The molecule has 0 fully saturated rings. The van der Waals surface area contributed by atoms with E-state index in [4.69, 9.17) is 18.4 Å². The Balaban J connectivity index is 2.30. The first-order valence-electron chi connectivity index (χ1n) is 7.70. The fraction of sp³-hybridized carbons (Fsp3) is 0.235. The van der Waals surface area contributed by atoms with Gasteiger partial charge in [-0.25, -0.2) is 9.18 Å². The number of benzene rings is 2. The highest BCUT2D eigenvalue weighted by molar-refractivity contribution is 7.87. The van der Waals surface area contributed by atoms with Gasteiger partial charge in [0, 0.05) is 23.9 Å². The molecule has 0 unspecified atom stereocenters. The molecule has 0 aromatic heterocycles. The summed E-state index contributed by atoms with van der Waals surface area (Å²) >= 11 is 0. The molecule has 0 aliphatic carbocycles. The lowest BCUT2D eigenvalue weighted by Gasteiger charge is -2.12. The van der Waals surface area contributed by atoms with Crippen LogP contribution >= 0.6 is 0 Å². The third-order valence-corrected chi connectivity index (χ3v) is 4.53. The highest BCUT2D eigenvalue weighted by atomic mass is 32.2. The molecule has 0 saturated carbocycles. The Morgan fingerprint density at radius 3 is 2.41 bits per heavy atom. The van der Waals surface area contributed by atoms with E-state index in [0.29, 0.717) is 0 Å². The SMILES string of the molecule is CCOC(=O)Nc1cccc(OS(=O)(=O)c2cc(OC)c(OC)cc2F)c1. The van der Waals surface area contributed by atoms with E-state index in [2.05, 4.69) is 5.32 Å². The van der Waals surface area contributed by atoms with Gasteiger partial charge in [-0.3, -0.25) is 5.32 Å². The molecule has 0 aliphatic rings. The number of halogens is 1. The van der Waals surface area contributed by atoms with Gasteiger partial charge in [0.15, 0.2) is 11.5 Å². The third kappa shape index (κ3) is 5.00. The van der Waals surface area contributed by atoms with E-state index in [1.54, 1.807) is 6.92 Å². The van der Waals surface area contributed by atoms with Gasteiger partial charge in [0.1, 0.15) is 16.5 Å². The average Bonchev–Trinajstić information content (AvgIpc) is 2.61. The van der Waals surface area contributed by atoms with Crippen LogP contribution in [0.5, 0.6) is 17.2 Å². The van der Waals surface area contributed by atoms with Crippen LogP contribution in [0.3, 0.4) is 0 Å². The summed E-state index contributed by atoms with van der Waals surface area (Å²) in [6, 6.07) is 7.41. The monoisotopic (exact) mass is 399 g/mol. The Labute approximate surface area is 155 Å². The minimum atomic E-state index is -4.51. The van der Waals surface area contributed by atoms with Gasteiger partial charge in [-0.15, -0.1) is 0 Å². The van der Waals surface area contributed by atoms with Crippen LogP contribution in [0.1, 0.15) is 6.92 Å². The predicted molar refractivity (Wildman–Crippen MR) is 94.4 cm³/mol. The second-order valence-corrected chi connectivity index (χ2v) is 6.56. The number of ether oxygens (including phenoxy) is 3. The van der Waals surface area contributed by atoms with Gasteiger partial charge in [0.05, 0.1) is 20.8 Å². The van der Waals surface area contributed by atoms with Crippen molar-refractivity contribution in [1.82, 2.24) is 0 Å². The number of anilines is 1. The fourth-order valence-electron chi connectivity index (χ4n) is 2.11. The van der Waals surface area contributed by atoms with E-state index >= 15 is 0 Å². The molecule has 27 heavy (non-hydrogen) atoms. The van der Waals surface area contributed by atoms with Crippen LogP contribution in [0.4, 0.5) is 14.9 Å². The molecule has 1 N–H and O–H groups in total. The minimum Gasteiger partial charge on any atom is -0.493 e. The van der Waals surface area contributed by atoms with Crippen molar-refractivity contribution in [2.75, 3.05) is 26.1 Å². The van der Waals surface area contributed by atoms with Crippen LogP contribution < -0.4 is 19.0 Å². The molecule has 0 atom stereocenters. The van der Waals surface area contributed by atoms with E-state index in [-0.39, 0.29) is 29.5 Å². The molecule has 146 valence electrons. The molecular formula is C17H18FNO7S. The Morgan fingerprint density at radius 1 is 1.11 bits per heavy atom. The molecule has 2 aromatic rings. The van der Waals surface area contributed by atoms with Crippen molar-refractivity contribution < 1.29 is 36.0 Å². The van der Waals surface area contributed by atoms with Gasteiger partial charge < -0.3 is 18.4 Å². The van der Waals surface area contributed by atoms with Crippen molar-refractivity contribution >= 4 is 21.9 Å². The molecule has 10 heteroatoms. The largest absolute Gasteiger partial charge is 0.493 e. The molecule has 8 nitrogen and oxygen atoms in total. The van der Waals surface area contributed by atoms with Crippen LogP contribution in [0.25, 0.3) is 0 Å².